The Morgan fingerprint density at radius 1 is 1.20 bits per heavy atom. The van der Waals surface area contributed by atoms with Gasteiger partial charge in [-0.2, -0.15) is 0 Å². The Morgan fingerprint density at radius 2 is 1.85 bits per heavy atom. The van der Waals surface area contributed by atoms with E-state index in [1.807, 2.05) is 0 Å². The monoisotopic (exact) mass is 597 g/mol. The van der Waals surface area contributed by atoms with Crippen molar-refractivity contribution in [1.82, 2.24) is 15.2 Å². The zero-order chi connectivity index (χ0) is 30.8. The van der Waals surface area contributed by atoms with E-state index in [1.54, 1.807) is 33.1 Å². The van der Waals surface area contributed by atoms with Crippen molar-refractivity contribution in [2.24, 2.45) is 11.8 Å². The van der Waals surface area contributed by atoms with E-state index < -0.39 is 42.8 Å². The van der Waals surface area contributed by atoms with Gasteiger partial charge in [-0.3, -0.25) is 14.4 Å². The molecular weight excluding hydrogens is 564 g/mol. The van der Waals surface area contributed by atoms with Crippen LogP contribution in [-0.4, -0.2) is 52.8 Å². The maximum atomic E-state index is 13.4. The molecular formula is C28H32ClF2N3O5S. The molecule has 1 saturated carbocycles. The van der Waals surface area contributed by atoms with Gasteiger partial charge in [0.25, 0.3) is 23.2 Å². The van der Waals surface area contributed by atoms with Gasteiger partial charge in [0.2, 0.25) is 5.91 Å². The van der Waals surface area contributed by atoms with Crippen molar-refractivity contribution in [3.8, 4) is 11.5 Å². The van der Waals surface area contributed by atoms with Crippen molar-refractivity contribution < 1.29 is 30.6 Å². The average Bonchev–Trinajstić information content (AvgIpc) is 3.27. The second kappa shape index (κ2) is 10.6. The molecule has 1 saturated heterocycles. The molecule has 2 aromatic rings. The number of amides is 2. The molecule has 1 aliphatic carbocycles. The summed E-state index contributed by atoms with van der Waals surface area (Å²) in [6.45, 7) is 1.53. The fourth-order valence-corrected chi connectivity index (χ4v) is 6.54. The minimum atomic E-state index is -2.80. The van der Waals surface area contributed by atoms with Crippen molar-refractivity contribution in [2.45, 2.75) is 69.6 Å². The van der Waals surface area contributed by atoms with Crippen LogP contribution in [0.5, 0.6) is 11.5 Å². The predicted octanol–water partition coefficient (Wildman–Crippen LogP) is 5.07. The fourth-order valence-electron chi connectivity index (χ4n) is 5.66. The van der Waals surface area contributed by atoms with Gasteiger partial charge in [0.1, 0.15) is 0 Å². The molecule has 0 spiro atoms. The van der Waals surface area contributed by atoms with E-state index in [9.17, 15) is 23.2 Å². The van der Waals surface area contributed by atoms with Crippen molar-refractivity contribution in [1.29, 1.82) is 0 Å². The molecule has 0 bridgehead atoms. The summed E-state index contributed by atoms with van der Waals surface area (Å²) in [4.78, 5) is 42.8. The normalized spacial score (nSPS) is 26.0. The van der Waals surface area contributed by atoms with Crippen LogP contribution in [0.3, 0.4) is 0 Å². The first kappa shape index (κ1) is 26.1. The fraction of sp³-hybridized carbons (Fsp3) is 0.536. The van der Waals surface area contributed by atoms with Crippen LogP contribution in [-0.2, 0) is 11.3 Å². The van der Waals surface area contributed by atoms with Gasteiger partial charge < -0.3 is 24.7 Å². The number of H-pyrrole nitrogens is 1. The second-order valence-corrected chi connectivity index (χ2v) is 12.1. The molecule has 5 rings (SSSR count). The highest BCUT2D eigenvalue weighted by molar-refractivity contribution is 7.98. The minimum absolute atomic E-state index is 0.0605. The highest BCUT2D eigenvalue weighted by Crippen LogP contribution is 2.52. The highest BCUT2D eigenvalue weighted by Gasteiger charge is 2.51. The minimum Gasteiger partial charge on any atom is -0.448 e. The first-order valence-corrected chi connectivity index (χ1v) is 14.6. The quantitative estimate of drug-likeness (QED) is 0.451. The number of alkyl halides is 2. The number of nitrogens with one attached hydrogen (secondary N) is 2. The average molecular weight is 598 g/mol. The smallest absolute Gasteiger partial charge is 0.282 e. The number of aromatic amines is 1. The number of fused-ring (bicyclic) bond motifs is 1. The maximum absolute atomic E-state index is 13.4. The van der Waals surface area contributed by atoms with E-state index in [1.165, 1.54) is 22.7 Å². The lowest BCUT2D eigenvalue weighted by molar-refractivity contribution is -0.172. The van der Waals surface area contributed by atoms with E-state index in [0.717, 1.165) is 0 Å². The molecule has 2 amide bonds. The number of halogens is 3. The van der Waals surface area contributed by atoms with Crippen molar-refractivity contribution in [3.63, 3.8) is 0 Å². The van der Waals surface area contributed by atoms with Gasteiger partial charge in [0.05, 0.1) is 20.9 Å². The molecule has 3 aliphatic rings. The standard InChI is InChI=1S/C28H32ClF2N3O5S/c1-14-9-21(40-4)19(25(36)33-14)11-32-24(35)18-10-20(29)23-22(15(18)2)38-27(3,39-23)17-7-5-16(6-8-17)26(37)34-12-28(30,31)13-34/h9-10,16-17H,5-8,11-13H2,1-4H3,(H,32,35)(H,33,36)/t16?,17?,27-/m1/s1/i11D2. The van der Waals surface area contributed by atoms with Gasteiger partial charge in [-0.15, -0.1) is 11.8 Å². The lowest BCUT2D eigenvalue weighted by Crippen LogP contribution is -2.60. The largest absolute Gasteiger partial charge is 0.448 e. The molecule has 0 unspecified atom stereocenters. The van der Waals surface area contributed by atoms with Crippen LogP contribution in [0.15, 0.2) is 21.8 Å². The lowest BCUT2D eigenvalue weighted by atomic mass is 9.77. The summed E-state index contributed by atoms with van der Waals surface area (Å²) in [6.07, 6.45) is 3.87. The Balaban J connectivity index is 1.31. The first-order valence-electron chi connectivity index (χ1n) is 14.0. The van der Waals surface area contributed by atoms with Gasteiger partial charge in [0, 0.05) is 52.5 Å². The van der Waals surface area contributed by atoms with E-state index >= 15 is 0 Å². The van der Waals surface area contributed by atoms with Gasteiger partial charge in [-0.05, 0) is 57.9 Å². The van der Waals surface area contributed by atoms with Crippen LogP contribution in [0, 0.1) is 25.7 Å². The number of hydrogen-bond donors (Lipinski definition) is 2. The number of rotatable bonds is 6. The summed E-state index contributed by atoms with van der Waals surface area (Å²) in [5.74, 6) is -4.91. The first-order chi connectivity index (χ1) is 19.5. The third-order valence-electron chi connectivity index (χ3n) is 7.92. The second-order valence-electron chi connectivity index (χ2n) is 10.8. The SMILES string of the molecule is [2H]C([2H])(NC(=O)c1cc(Cl)c2c(c1C)O[C@@](C)(C1CCC(C(=O)N3CC(F)(F)C3)CC1)O2)c1c(SC)cc(C)[nH]c1=O. The molecule has 2 aliphatic heterocycles. The molecule has 40 heavy (non-hydrogen) atoms. The summed E-state index contributed by atoms with van der Waals surface area (Å²) in [6, 6.07) is 3.02. The number of hydrogen-bond acceptors (Lipinski definition) is 6. The van der Waals surface area contributed by atoms with Crippen LogP contribution >= 0.6 is 23.4 Å². The molecule has 2 N–H and O–H groups in total. The number of pyridine rings is 1. The molecule has 1 atom stereocenters. The number of benzene rings is 1. The summed E-state index contributed by atoms with van der Waals surface area (Å²) in [5.41, 5.74) is 0.169. The number of likely N-dealkylation sites (tertiary alicyclic amines) is 1. The number of thioether (sulfide) groups is 1. The molecule has 1 aromatic heterocycles. The number of aryl methyl sites for hydroxylation is 1. The van der Waals surface area contributed by atoms with E-state index in [2.05, 4.69) is 10.3 Å². The maximum Gasteiger partial charge on any atom is 0.282 e. The molecule has 1 aromatic carbocycles. The zero-order valence-electron chi connectivity index (χ0n) is 24.6. The van der Waals surface area contributed by atoms with Gasteiger partial charge in [-0.1, -0.05) is 11.6 Å². The van der Waals surface area contributed by atoms with Crippen LogP contribution in [0.1, 0.15) is 62.5 Å². The zero-order valence-corrected chi connectivity index (χ0v) is 24.2. The Bertz CT molecular complexity index is 1510. The number of carbonyl (C=O) groups excluding carboxylic acids is 2. The van der Waals surface area contributed by atoms with Crippen LogP contribution in [0.4, 0.5) is 8.78 Å². The highest BCUT2D eigenvalue weighted by atomic mass is 35.5. The number of ether oxygens (including phenoxy) is 2. The van der Waals surface area contributed by atoms with Crippen LogP contribution < -0.4 is 20.3 Å². The van der Waals surface area contributed by atoms with Crippen molar-refractivity contribution in [2.75, 3.05) is 19.3 Å². The van der Waals surface area contributed by atoms with Crippen LogP contribution in [0.2, 0.25) is 5.02 Å². The molecule has 216 valence electrons. The number of aromatic nitrogens is 1. The summed E-state index contributed by atoms with van der Waals surface area (Å²) < 4.78 is 56.0. The molecule has 0 radical (unpaired) electrons. The van der Waals surface area contributed by atoms with Crippen LogP contribution in [0.25, 0.3) is 0 Å². The van der Waals surface area contributed by atoms with E-state index in [0.29, 0.717) is 41.8 Å². The predicted molar refractivity (Wildman–Crippen MR) is 148 cm³/mol. The third kappa shape index (κ3) is 5.30. The van der Waals surface area contributed by atoms with Gasteiger partial charge >= 0.3 is 0 Å². The summed E-state index contributed by atoms with van der Waals surface area (Å²) in [7, 11) is 0. The van der Waals surface area contributed by atoms with Gasteiger partial charge in [0.15, 0.2) is 11.5 Å². The molecule has 8 nitrogen and oxygen atoms in total. The Hall–Kier alpha value is -2.79. The molecule has 3 heterocycles. The topological polar surface area (TPSA) is 101 Å². The Labute approximate surface area is 242 Å². The lowest BCUT2D eigenvalue weighted by Gasteiger charge is -2.42. The Morgan fingerprint density at radius 3 is 2.48 bits per heavy atom. The molecule has 2 fully saturated rings. The molecule has 12 heteroatoms. The third-order valence-corrected chi connectivity index (χ3v) is 8.96. The van der Waals surface area contributed by atoms with E-state index in [-0.39, 0.29) is 45.4 Å². The van der Waals surface area contributed by atoms with Gasteiger partial charge in [-0.25, -0.2) is 8.78 Å². The van der Waals surface area contributed by atoms with Crippen molar-refractivity contribution in [3.05, 3.63) is 49.9 Å². The van der Waals surface area contributed by atoms with E-state index in [4.69, 9.17) is 23.8 Å². The summed E-state index contributed by atoms with van der Waals surface area (Å²) >= 11 is 7.73. The summed E-state index contributed by atoms with van der Waals surface area (Å²) in [5, 5.41) is 2.43. The Kier molecular flexibility index (Phi) is 6.90. The number of carbonyl (C=O) groups is 2. The van der Waals surface area contributed by atoms with Crippen molar-refractivity contribution >= 4 is 35.2 Å². The number of nitrogens with zero attached hydrogens (tertiary/aromatic N) is 1.